The van der Waals surface area contributed by atoms with E-state index >= 15 is 0 Å². The summed E-state index contributed by atoms with van der Waals surface area (Å²) in [6.45, 7) is 3.89. The summed E-state index contributed by atoms with van der Waals surface area (Å²) in [4.78, 5) is 0. The summed E-state index contributed by atoms with van der Waals surface area (Å²) in [6, 6.07) is 17.1. The number of methoxy groups -OCH3 is 4. The van der Waals surface area contributed by atoms with E-state index < -0.39 is 12.1 Å². The number of benzene rings is 4. The minimum Gasteiger partial charge on any atom is -0.507 e. The largest absolute Gasteiger partial charge is 0.507 e. The van der Waals surface area contributed by atoms with E-state index in [9.17, 15) is 10.2 Å². The Kier molecular flexibility index (Phi) is 8.95. The van der Waals surface area contributed by atoms with Crippen molar-refractivity contribution in [3.8, 4) is 34.5 Å². The fourth-order valence-electron chi connectivity index (χ4n) is 5.09. The Labute approximate surface area is 241 Å². The third kappa shape index (κ3) is 6.34. The van der Waals surface area contributed by atoms with Crippen molar-refractivity contribution in [1.82, 2.24) is 0 Å². The lowest BCUT2D eigenvalue weighted by molar-refractivity contribution is 0.392. The highest BCUT2D eigenvalue weighted by Gasteiger charge is 2.22. The first kappa shape index (κ1) is 29.6. The van der Waals surface area contributed by atoms with Gasteiger partial charge in [0.2, 0.25) is 0 Å². The molecule has 0 aliphatic carbocycles. The van der Waals surface area contributed by atoms with Gasteiger partial charge in [0.05, 0.1) is 40.5 Å². The molecular formula is C33H38N2O6. The monoisotopic (exact) mass is 558 g/mol. The van der Waals surface area contributed by atoms with E-state index in [4.69, 9.17) is 30.4 Å². The van der Waals surface area contributed by atoms with Crippen molar-refractivity contribution in [3.05, 3.63) is 105 Å². The standard InChI is InChI=1S/C33H38N2O6/c1-18-7-22(32(36)28(9-18)30(34)20-12-24(38-3)16-25(13-20)39-4)11-23-8-19(2)10-29(33(23)37)31(35)21-14-26(40-5)17-27(15-21)41-6/h7-10,12-17,30-31,36-37H,11,34-35H2,1-6H3. The number of aryl methyl sites for hydroxylation is 2. The molecule has 0 saturated carbocycles. The highest BCUT2D eigenvalue weighted by molar-refractivity contribution is 5.55. The summed E-state index contributed by atoms with van der Waals surface area (Å²) < 4.78 is 21.6. The van der Waals surface area contributed by atoms with Crippen LogP contribution in [0.5, 0.6) is 34.5 Å². The molecule has 4 aromatic rings. The maximum Gasteiger partial charge on any atom is 0.124 e. The number of phenolic OH excluding ortho intramolecular Hbond substituents is 2. The molecule has 0 fully saturated rings. The molecule has 41 heavy (non-hydrogen) atoms. The molecule has 0 heterocycles. The van der Waals surface area contributed by atoms with Crippen LogP contribution in [0.25, 0.3) is 0 Å². The molecule has 0 radical (unpaired) electrons. The lowest BCUT2D eigenvalue weighted by Gasteiger charge is -2.21. The number of nitrogens with two attached hydrogens (primary N) is 2. The van der Waals surface area contributed by atoms with Crippen LogP contribution >= 0.6 is 0 Å². The van der Waals surface area contributed by atoms with E-state index in [1.807, 2.05) is 62.4 Å². The van der Waals surface area contributed by atoms with Gasteiger partial charge in [-0.25, -0.2) is 0 Å². The van der Waals surface area contributed by atoms with Crippen molar-refractivity contribution >= 4 is 0 Å². The summed E-state index contributed by atoms with van der Waals surface area (Å²) in [7, 11) is 6.30. The fourth-order valence-corrected chi connectivity index (χ4v) is 5.09. The van der Waals surface area contributed by atoms with Crippen molar-refractivity contribution in [2.45, 2.75) is 32.4 Å². The van der Waals surface area contributed by atoms with E-state index in [2.05, 4.69) is 0 Å². The molecule has 8 nitrogen and oxygen atoms in total. The Morgan fingerprint density at radius 3 is 1.15 bits per heavy atom. The summed E-state index contributed by atoms with van der Waals surface area (Å²) in [5.74, 6) is 2.53. The van der Waals surface area contributed by atoms with Gasteiger partial charge in [-0.15, -0.1) is 0 Å². The average molecular weight is 559 g/mol. The molecule has 4 aromatic carbocycles. The van der Waals surface area contributed by atoms with E-state index in [0.29, 0.717) is 45.3 Å². The van der Waals surface area contributed by atoms with E-state index in [-0.39, 0.29) is 17.9 Å². The van der Waals surface area contributed by atoms with Gasteiger partial charge in [-0.1, -0.05) is 35.4 Å². The Morgan fingerprint density at radius 1 is 0.537 bits per heavy atom. The normalized spacial score (nSPS) is 12.5. The van der Waals surface area contributed by atoms with Crippen LogP contribution in [-0.2, 0) is 6.42 Å². The highest BCUT2D eigenvalue weighted by Crippen LogP contribution is 2.39. The quantitative estimate of drug-likeness (QED) is 0.203. The number of hydrogen-bond acceptors (Lipinski definition) is 8. The zero-order valence-electron chi connectivity index (χ0n) is 24.3. The molecule has 0 spiro atoms. The van der Waals surface area contributed by atoms with Crippen molar-refractivity contribution in [2.24, 2.45) is 11.5 Å². The smallest absolute Gasteiger partial charge is 0.124 e. The van der Waals surface area contributed by atoms with Crippen LogP contribution in [0.3, 0.4) is 0 Å². The van der Waals surface area contributed by atoms with E-state index in [1.54, 1.807) is 40.6 Å². The van der Waals surface area contributed by atoms with Crippen molar-refractivity contribution in [1.29, 1.82) is 0 Å². The van der Waals surface area contributed by atoms with Crippen molar-refractivity contribution in [2.75, 3.05) is 28.4 Å². The first-order valence-electron chi connectivity index (χ1n) is 13.2. The molecule has 6 N–H and O–H groups in total. The molecule has 2 unspecified atom stereocenters. The van der Waals surface area contributed by atoms with Gasteiger partial charge in [-0.3, -0.25) is 0 Å². The molecule has 0 amide bonds. The molecule has 8 heteroatoms. The maximum atomic E-state index is 11.4. The van der Waals surface area contributed by atoms with Crippen LogP contribution in [0, 0.1) is 13.8 Å². The number of hydrogen-bond donors (Lipinski definition) is 4. The zero-order valence-corrected chi connectivity index (χ0v) is 24.3. The van der Waals surface area contributed by atoms with Gasteiger partial charge in [0.15, 0.2) is 0 Å². The summed E-state index contributed by atoms with van der Waals surface area (Å²) >= 11 is 0. The Bertz CT molecular complexity index is 1390. The minimum atomic E-state index is -0.643. The van der Waals surface area contributed by atoms with Crippen LogP contribution in [0.4, 0.5) is 0 Å². The second-order valence-electron chi connectivity index (χ2n) is 10.1. The molecule has 4 rings (SSSR count). The molecule has 0 aliphatic heterocycles. The molecule has 0 bridgehead atoms. The first-order valence-corrected chi connectivity index (χ1v) is 13.2. The molecule has 0 aromatic heterocycles. The van der Waals surface area contributed by atoms with Gasteiger partial charge >= 0.3 is 0 Å². The third-order valence-corrected chi connectivity index (χ3v) is 7.24. The second kappa shape index (κ2) is 12.4. The predicted octanol–water partition coefficient (Wildman–Crippen LogP) is 5.44. The van der Waals surface area contributed by atoms with Crippen molar-refractivity contribution in [3.63, 3.8) is 0 Å². The summed E-state index contributed by atoms with van der Waals surface area (Å²) in [6.07, 6.45) is 0.267. The molecule has 0 aliphatic rings. The number of aromatic hydroxyl groups is 2. The van der Waals surface area contributed by atoms with E-state index in [0.717, 1.165) is 22.3 Å². The predicted molar refractivity (Wildman–Crippen MR) is 160 cm³/mol. The van der Waals surface area contributed by atoms with Gasteiger partial charge < -0.3 is 40.6 Å². The van der Waals surface area contributed by atoms with Crippen molar-refractivity contribution < 1.29 is 29.2 Å². The Hall–Kier alpha value is -4.40. The van der Waals surface area contributed by atoms with Gasteiger partial charge in [0, 0.05) is 29.7 Å². The zero-order chi connectivity index (χ0) is 29.8. The molecule has 216 valence electrons. The number of ether oxygens (including phenoxy) is 4. The highest BCUT2D eigenvalue weighted by atomic mass is 16.5. The van der Waals surface area contributed by atoms with E-state index in [1.165, 1.54) is 0 Å². The van der Waals surface area contributed by atoms with Gasteiger partial charge in [-0.2, -0.15) is 0 Å². The lowest BCUT2D eigenvalue weighted by atomic mass is 9.89. The van der Waals surface area contributed by atoms with Crippen LogP contribution in [-0.4, -0.2) is 38.7 Å². The summed E-state index contributed by atoms with van der Waals surface area (Å²) in [5.41, 5.74) is 19.0. The average Bonchev–Trinajstić information content (AvgIpc) is 2.98. The molecule has 2 atom stereocenters. The third-order valence-electron chi connectivity index (χ3n) is 7.24. The minimum absolute atomic E-state index is 0.0640. The Morgan fingerprint density at radius 2 is 0.854 bits per heavy atom. The maximum absolute atomic E-state index is 11.4. The van der Waals surface area contributed by atoms with Gasteiger partial charge in [-0.05, 0) is 60.4 Å². The SMILES string of the molecule is COc1cc(OC)cc(C(N)c2cc(C)cc(Cc3cc(C)cc(C(N)c4cc(OC)cc(OC)c4)c3O)c2O)c1. The second-order valence-corrected chi connectivity index (χ2v) is 10.1. The summed E-state index contributed by atoms with van der Waals surface area (Å²) in [5, 5.41) is 22.8. The molecule has 0 saturated heterocycles. The van der Waals surface area contributed by atoms with Crippen LogP contribution in [0.1, 0.15) is 56.6 Å². The lowest BCUT2D eigenvalue weighted by Crippen LogP contribution is -2.14. The number of phenols is 2. The van der Waals surface area contributed by atoms with Crippen LogP contribution in [0.2, 0.25) is 0 Å². The van der Waals surface area contributed by atoms with Gasteiger partial charge in [0.25, 0.3) is 0 Å². The topological polar surface area (TPSA) is 129 Å². The van der Waals surface area contributed by atoms with Gasteiger partial charge in [0.1, 0.15) is 34.5 Å². The number of rotatable bonds is 10. The van der Waals surface area contributed by atoms with Crippen LogP contribution in [0.15, 0.2) is 60.7 Å². The fraction of sp³-hybridized carbons (Fsp3) is 0.273. The van der Waals surface area contributed by atoms with Crippen LogP contribution < -0.4 is 30.4 Å². The Balaban J connectivity index is 1.73. The molecular weight excluding hydrogens is 520 g/mol. The first-order chi connectivity index (χ1) is 19.6.